The van der Waals surface area contributed by atoms with Crippen molar-refractivity contribution in [2.24, 2.45) is 9.98 Å². The third-order valence-electron chi connectivity index (χ3n) is 10.5. The Morgan fingerprint density at radius 3 is 1.07 bits per heavy atom. The first-order valence-electron chi connectivity index (χ1n) is 21.0. The normalized spacial score (nSPS) is 17.5. The van der Waals surface area contributed by atoms with Crippen LogP contribution in [0.25, 0.3) is 0 Å². The number of aryl methyl sites for hydroxylation is 2. The van der Waals surface area contributed by atoms with Crippen LogP contribution in [0.2, 0.25) is 0 Å². The molecule has 0 amide bonds. The molecule has 1 aliphatic rings. The van der Waals surface area contributed by atoms with Crippen LogP contribution in [0.15, 0.2) is 191 Å². The Morgan fingerprint density at radius 2 is 0.717 bits per heavy atom. The highest BCUT2D eigenvalue weighted by atomic mass is 32.2. The van der Waals surface area contributed by atoms with E-state index in [1.807, 2.05) is 23.5 Å². The molecule has 0 atom stereocenters. The van der Waals surface area contributed by atoms with Crippen molar-refractivity contribution in [1.29, 1.82) is 0 Å². The zero-order chi connectivity index (χ0) is 41.5. The third kappa shape index (κ3) is 11.1. The Morgan fingerprint density at radius 1 is 0.400 bits per heavy atom. The molecular formula is C52H56N6S2. The van der Waals surface area contributed by atoms with Crippen molar-refractivity contribution in [2.75, 3.05) is 45.2 Å². The molecule has 0 spiro atoms. The van der Waals surface area contributed by atoms with E-state index in [9.17, 15) is 0 Å². The van der Waals surface area contributed by atoms with Gasteiger partial charge in [-0.15, -0.1) is 0 Å². The van der Waals surface area contributed by atoms with Crippen LogP contribution in [0.5, 0.6) is 0 Å². The summed E-state index contributed by atoms with van der Waals surface area (Å²) in [6.07, 6.45) is 7.07. The lowest BCUT2D eigenvalue weighted by Gasteiger charge is -2.42. The molecule has 0 radical (unpaired) electrons. The highest BCUT2D eigenvalue weighted by Gasteiger charge is 2.35. The maximum absolute atomic E-state index is 5.56. The van der Waals surface area contributed by atoms with E-state index >= 15 is 0 Å². The predicted molar refractivity (Wildman–Crippen MR) is 264 cm³/mol. The van der Waals surface area contributed by atoms with Gasteiger partial charge in [-0.05, 0) is 99.5 Å². The van der Waals surface area contributed by atoms with Crippen molar-refractivity contribution in [1.82, 2.24) is 0 Å². The predicted octanol–water partition coefficient (Wildman–Crippen LogP) is 14.2. The van der Waals surface area contributed by atoms with Gasteiger partial charge < -0.3 is 9.80 Å². The van der Waals surface area contributed by atoms with E-state index in [0.717, 1.165) is 80.4 Å². The summed E-state index contributed by atoms with van der Waals surface area (Å²) in [5.74, 6) is 3.73. The van der Waals surface area contributed by atoms with Crippen molar-refractivity contribution < 1.29 is 0 Å². The van der Waals surface area contributed by atoms with Crippen LogP contribution >= 0.6 is 23.5 Å². The molecule has 7 rings (SSSR count). The standard InChI is InChI=1S/C52H56N6S2/c1-41-31-35-47(36-32-41)57-49(55(3)45-27-17-11-18-28-45)50(56(4)46-29-19-12-20-30-46)58(48-37-33-42(2)34-38-48)52(54-44-25-15-10-16-26-44)60-40-22-8-6-5-7-21-39-59-51(57)53-43-23-13-9-14-24-43/h9-20,23-38H,5-8,21-22,39-40H2,1-4H3/b50-49-,53-51?,54-52?. The number of thioether (sulfide) groups is 2. The molecule has 306 valence electrons. The van der Waals surface area contributed by atoms with Gasteiger partial charge >= 0.3 is 0 Å². The van der Waals surface area contributed by atoms with Gasteiger partial charge in [-0.3, -0.25) is 9.80 Å². The van der Waals surface area contributed by atoms with Crippen LogP contribution in [0.1, 0.15) is 49.7 Å². The molecule has 0 saturated carbocycles. The lowest BCUT2D eigenvalue weighted by Crippen LogP contribution is -2.46. The first-order valence-corrected chi connectivity index (χ1v) is 23.0. The maximum atomic E-state index is 5.56. The summed E-state index contributed by atoms with van der Waals surface area (Å²) in [5.41, 5.74) is 8.31. The summed E-state index contributed by atoms with van der Waals surface area (Å²) < 4.78 is 0. The van der Waals surface area contributed by atoms with E-state index in [-0.39, 0.29) is 0 Å². The number of aliphatic imine (C=N–C) groups is 2. The minimum absolute atomic E-state index is 0.895. The molecule has 6 aromatic carbocycles. The van der Waals surface area contributed by atoms with Crippen LogP contribution in [-0.2, 0) is 0 Å². The minimum Gasteiger partial charge on any atom is -0.327 e. The molecule has 6 aromatic rings. The van der Waals surface area contributed by atoms with Gasteiger partial charge in [0.15, 0.2) is 22.0 Å². The Kier molecular flexibility index (Phi) is 15.2. The van der Waals surface area contributed by atoms with Crippen LogP contribution in [0, 0.1) is 13.8 Å². The largest absolute Gasteiger partial charge is 0.327 e. The van der Waals surface area contributed by atoms with Crippen LogP contribution in [0.4, 0.5) is 34.1 Å². The molecule has 0 aromatic heterocycles. The molecular weight excluding hydrogens is 773 g/mol. The summed E-state index contributed by atoms with van der Waals surface area (Å²) in [4.78, 5) is 20.5. The number of nitrogens with zero attached hydrogens (tertiary/aromatic N) is 6. The minimum atomic E-state index is 0.895. The summed E-state index contributed by atoms with van der Waals surface area (Å²) in [6, 6.07) is 59.9. The van der Waals surface area contributed by atoms with Crippen molar-refractivity contribution in [3.05, 3.63) is 193 Å². The van der Waals surface area contributed by atoms with E-state index in [0.29, 0.717) is 0 Å². The Labute approximate surface area is 366 Å². The summed E-state index contributed by atoms with van der Waals surface area (Å²) in [7, 11) is 4.37. The molecule has 0 saturated heterocycles. The second kappa shape index (κ2) is 21.5. The number of benzene rings is 6. The van der Waals surface area contributed by atoms with E-state index in [2.05, 4.69) is 217 Å². The second-order valence-corrected chi connectivity index (χ2v) is 17.2. The zero-order valence-corrected chi connectivity index (χ0v) is 37.0. The highest BCUT2D eigenvalue weighted by Crippen LogP contribution is 2.39. The number of para-hydroxylation sites is 4. The van der Waals surface area contributed by atoms with Gasteiger partial charge in [-0.1, -0.05) is 157 Å². The highest BCUT2D eigenvalue weighted by molar-refractivity contribution is 8.14. The molecule has 0 fully saturated rings. The van der Waals surface area contributed by atoms with Gasteiger partial charge in [0.25, 0.3) is 0 Å². The van der Waals surface area contributed by atoms with E-state index in [4.69, 9.17) is 9.98 Å². The molecule has 6 nitrogen and oxygen atoms in total. The van der Waals surface area contributed by atoms with E-state index in [1.165, 1.54) is 36.8 Å². The van der Waals surface area contributed by atoms with Crippen LogP contribution in [-0.4, -0.2) is 35.9 Å². The number of rotatable bonds is 8. The van der Waals surface area contributed by atoms with Gasteiger partial charge in [-0.2, -0.15) is 0 Å². The molecule has 1 heterocycles. The Hall–Kier alpha value is -5.70. The molecule has 0 aliphatic carbocycles. The second-order valence-electron chi connectivity index (χ2n) is 15.1. The van der Waals surface area contributed by atoms with E-state index in [1.54, 1.807) is 0 Å². The summed E-state index contributed by atoms with van der Waals surface area (Å²) in [5, 5.41) is 1.79. The van der Waals surface area contributed by atoms with Gasteiger partial charge in [0.05, 0.1) is 11.4 Å². The third-order valence-corrected chi connectivity index (χ3v) is 12.5. The molecule has 0 N–H and O–H groups in total. The zero-order valence-electron chi connectivity index (χ0n) is 35.3. The van der Waals surface area contributed by atoms with Gasteiger partial charge in [0.2, 0.25) is 0 Å². The van der Waals surface area contributed by atoms with Crippen molar-refractivity contribution in [3.8, 4) is 0 Å². The van der Waals surface area contributed by atoms with Crippen molar-refractivity contribution >= 4 is 68.0 Å². The van der Waals surface area contributed by atoms with Crippen LogP contribution < -0.4 is 19.6 Å². The van der Waals surface area contributed by atoms with Gasteiger partial charge in [0.1, 0.15) is 0 Å². The Balaban J connectivity index is 1.65. The van der Waals surface area contributed by atoms with Gasteiger partial charge in [-0.25, -0.2) is 9.98 Å². The lowest BCUT2D eigenvalue weighted by molar-refractivity contribution is 0.629. The quantitative estimate of drug-likeness (QED) is 0.152. The number of hydrogen-bond acceptors (Lipinski definition) is 6. The lowest BCUT2D eigenvalue weighted by atomic mass is 10.1. The fourth-order valence-corrected chi connectivity index (χ4v) is 9.18. The monoisotopic (exact) mass is 828 g/mol. The fraction of sp³-hybridized carbons (Fsp3) is 0.231. The summed E-state index contributed by atoms with van der Waals surface area (Å²) >= 11 is 3.66. The number of hydrogen-bond donors (Lipinski definition) is 0. The Bertz CT molecular complexity index is 2150. The number of amidine groups is 2. The molecule has 0 unspecified atom stereocenters. The number of anilines is 4. The topological polar surface area (TPSA) is 37.7 Å². The van der Waals surface area contributed by atoms with Crippen LogP contribution in [0.3, 0.4) is 0 Å². The first kappa shape index (κ1) is 42.4. The smallest absolute Gasteiger partial charge is 0.174 e. The maximum Gasteiger partial charge on any atom is 0.174 e. The van der Waals surface area contributed by atoms with Gasteiger partial charge in [0, 0.05) is 48.4 Å². The van der Waals surface area contributed by atoms with Crippen molar-refractivity contribution in [2.45, 2.75) is 52.4 Å². The SMILES string of the molecule is Cc1ccc(N2C(=Nc3ccccc3)SCCCCCCCCSC(=Nc3ccccc3)N(c3ccc(C)cc3)/C(N(C)c3ccccc3)=C\2N(C)c2ccccc2)cc1. The average molecular weight is 829 g/mol. The fourth-order valence-electron chi connectivity index (χ4n) is 7.14. The molecule has 1 aliphatic heterocycles. The van der Waals surface area contributed by atoms with Crippen molar-refractivity contribution in [3.63, 3.8) is 0 Å². The summed E-state index contributed by atoms with van der Waals surface area (Å²) in [6.45, 7) is 4.30. The molecule has 8 heteroatoms. The average Bonchev–Trinajstić information content (AvgIpc) is 3.29. The molecule has 60 heavy (non-hydrogen) atoms. The first-order chi connectivity index (χ1) is 29.5. The van der Waals surface area contributed by atoms with E-state index < -0.39 is 0 Å². The molecule has 0 bridgehead atoms.